The Morgan fingerprint density at radius 1 is 1.54 bits per heavy atom. The van der Waals surface area contributed by atoms with Crippen LogP contribution in [0.2, 0.25) is 0 Å². The Morgan fingerprint density at radius 2 is 2.15 bits per heavy atom. The summed E-state index contributed by atoms with van der Waals surface area (Å²) in [7, 11) is 0. The molecular formula is C8H7Br2F2N. The molecule has 0 aliphatic heterocycles. The number of rotatable bonds is 2. The zero-order valence-corrected chi connectivity index (χ0v) is 9.99. The van der Waals surface area contributed by atoms with E-state index in [0.717, 1.165) is 10.0 Å². The molecule has 0 saturated carbocycles. The van der Waals surface area contributed by atoms with Gasteiger partial charge >= 0.3 is 0 Å². The van der Waals surface area contributed by atoms with Crippen LogP contribution in [0.5, 0.6) is 0 Å². The Morgan fingerprint density at radius 3 is 2.62 bits per heavy atom. The van der Waals surface area contributed by atoms with E-state index in [9.17, 15) is 8.78 Å². The third-order valence-corrected chi connectivity index (χ3v) is 3.27. The number of hydrogen-bond acceptors (Lipinski definition) is 1. The molecule has 0 saturated heterocycles. The van der Waals surface area contributed by atoms with Gasteiger partial charge in [0.25, 0.3) is 6.43 Å². The molecule has 1 nitrogen and oxygen atoms in total. The molecule has 0 N–H and O–H groups in total. The Bertz CT molecular complexity index is 315. The minimum Gasteiger partial charge on any atom is -0.251 e. The zero-order chi connectivity index (χ0) is 10.0. The van der Waals surface area contributed by atoms with Crippen molar-refractivity contribution in [2.45, 2.75) is 18.7 Å². The molecule has 0 bridgehead atoms. The van der Waals surface area contributed by atoms with Gasteiger partial charge in [0, 0.05) is 9.80 Å². The smallest absolute Gasteiger partial charge is 0.251 e. The normalized spacial score (nSPS) is 10.9. The van der Waals surface area contributed by atoms with Gasteiger partial charge in [-0.3, -0.25) is 4.98 Å². The van der Waals surface area contributed by atoms with Gasteiger partial charge in [0.05, 0.1) is 5.69 Å². The molecular weight excluding hydrogens is 308 g/mol. The summed E-state index contributed by atoms with van der Waals surface area (Å²) in [6.07, 6.45) is -2.51. The van der Waals surface area contributed by atoms with Crippen molar-refractivity contribution in [1.82, 2.24) is 4.98 Å². The topological polar surface area (TPSA) is 12.9 Å². The fourth-order valence-electron chi connectivity index (χ4n) is 0.958. The van der Waals surface area contributed by atoms with Crippen LogP contribution in [0, 0.1) is 6.92 Å². The fourth-order valence-corrected chi connectivity index (χ4v) is 2.12. The molecule has 5 heteroatoms. The SMILES string of the molecule is Cc1nc(C(F)F)cc(CBr)c1Br. The number of nitrogens with zero attached hydrogens (tertiary/aromatic N) is 1. The molecule has 0 radical (unpaired) electrons. The predicted octanol–water partition coefficient (Wildman–Crippen LogP) is 3.99. The van der Waals surface area contributed by atoms with Crippen molar-refractivity contribution < 1.29 is 8.78 Å². The summed E-state index contributed by atoms with van der Waals surface area (Å²) in [4.78, 5) is 3.76. The van der Waals surface area contributed by atoms with Crippen LogP contribution in [-0.2, 0) is 5.33 Å². The van der Waals surface area contributed by atoms with Crippen molar-refractivity contribution in [3.63, 3.8) is 0 Å². The first-order valence-electron chi connectivity index (χ1n) is 3.56. The second-order valence-corrected chi connectivity index (χ2v) is 3.89. The van der Waals surface area contributed by atoms with Crippen LogP contribution in [-0.4, -0.2) is 4.98 Å². The summed E-state index contributed by atoms with van der Waals surface area (Å²) in [5.41, 5.74) is 1.21. The van der Waals surface area contributed by atoms with Gasteiger partial charge in [-0.1, -0.05) is 15.9 Å². The van der Waals surface area contributed by atoms with E-state index in [1.165, 1.54) is 6.07 Å². The molecule has 0 spiro atoms. The molecule has 1 heterocycles. The number of alkyl halides is 3. The molecule has 0 unspecified atom stereocenters. The lowest BCUT2D eigenvalue weighted by molar-refractivity contribution is 0.145. The molecule has 1 aromatic heterocycles. The highest BCUT2D eigenvalue weighted by Crippen LogP contribution is 2.26. The average molecular weight is 315 g/mol. The summed E-state index contributed by atoms with van der Waals surface area (Å²) in [6.45, 7) is 1.70. The van der Waals surface area contributed by atoms with Crippen LogP contribution < -0.4 is 0 Å². The number of pyridine rings is 1. The van der Waals surface area contributed by atoms with Gasteiger partial charge < -0.3 is 0 Å². The van der Waals surface area contributed by atoms with Gasteiger partial charge in [-0.05, 0) is 34.5 Å². The summed E-state index contributed by atoms with van der Waals surface area (Å²) >= 11 is 6.51. The van der Waals surface area contributed by atoms with Crippen LogP contribution in [0.4, 0.5) is 8.78 Å². The van der Waals surface area contributed by atoms with E-state index in [1.807, 2.05) is 0 Å². The van der Waals surface area contributed by atoms with E-state index in [4.69, 9.17) is 0 Å². The lowest BCUT2D eigenvalue weighted by Gasteiger charge is -2.07. The summed E-state index contributed by atoms with van der Waals surface area (Å²) in [6, 6.07) is 1.40. The van der Waals surface area contributed by atoms with Crippen molar-refractivity contribution in [2.75, 3.05) is 0 Å². The highest BCUT2D eigenvalue weighted by Gasteiger charge is 2.13. The van der Waals surface area contributed by atoms with Crippen molar-refractivity contribution in [2.24, 2.45) is 0 Å². The number of aryl methyl sites for hydroxylation is 1. The molecule has 0 atom stereocenters. The van der Waals surface area contributed by atoms with E-state index in [0.29, 0.717) is 11.0 Å². The van der Waals surface area contributed by atoms with E-state index < -0.39 is 6.43 Å². The molecule has 1 rings (SSSR count). The van der Waals surface area contributed by atoms with Crippen LogP contribution in [0.25, 0.3) is 0 Å². The lowest BCUT2D eigenvalue weighted by Crippen LogP contribution is -1.97. The minimum absolute atomic E-state index is 0.171. The average Bonchev–Trinajstić information content (AvgIpc) is 2.09. The predicted molar refractivity (Wildman–Crippen MR) is 54.3 cm³/mol. The minimum atomic E-state index is -2.51. The van der Waals surface area contributed by atoms with Crippen LogP contribution in [0.15, 0.2) is 10.5 Å². The van der Waals surface area contributed by atoms with Gasteiger partial charge in [-0.15, -0.1) is 0 Å². The van der Waals surface area contributed by atoms with Gasteiger partial charge in [-0.25, -0.2) is 8.78 Å². The number of halogens is 4. The molecule has 0 aromatic carbocycles. The van der Waals surface area contributed by atoms with E-state index >= 15 is 0 Å². The first kappa shape index (κ1) is 11.0. The Hall–Kier alpha value is -0.0300. The number of aromatic nitrogens is 1. The van der Waals surface area contributed by atoms with Gasteiger partial charge in [0.15, 0.2) is 0 Å². The Kier molecular flexibility index (Phi) is 3.79. The molecule has 72 valence electrons. The molecule has 0 aliphatic carbocycles. The van der Waals surface area contributed by atoms with E-state index in [2.05, 4.69) is 36.8 Å². The lowest BCUT2D eigenvalue weighted by atomic mass is 10.2. The Labute approximate surface area is 91.8 Å². The zero-order valence-electron chi connectivity index (χ0n) is 6.82. The summed E-state index contributed by atoms with van der Waals surface area (Å²) < 4.78 is 25.4. The standard InChI is InChI=1S/C8H7Br2F2N/c1-4-7(10)5(3-9)2-6(13-4)8(11)12/h2,8H,3H2,1H3. The highest BCUT2D eigenvalue weighted by molar-refractivity contribution is 9.10. The van der Waals surface area contributed by atoms with E-state index in [-0.39, 0.29) is 5.69 Å². The van der Waals surface area contributed by atoms with Crippen molar-refractivity contribution in [1.29, 1.82) is 0 Å². The Balaban J connectivity index is 3.22. The quantitative estimate of drug-likeness (QED) is 0.752. The maximum Gasteiger partial charge on any atom is 0.280 e. The maximum atomic E-state index is 12.3. The summed E-state index contributed by atoms with van der Waals surface area (Å²) in [5.74, 6) is 0. The van der Waals surface area contributed by atoms with Gasteiger partial charge in [0.2, 0.25) is 0 Å². The number of hydrogen-bond donors (Lipinski definition) is 0. The van der Waals surface area contributed by atoms with Crippen LogP contribution in [0.3, 0.4) is 0 Å². The highest BCUT2D eigenvalue weighted by atomic mass is 79.9. The first-order chi connectivity index (χ1) is 6.06. The molecule has 13 heavy (non-hydrogen) atoms. The van der Waals surface area contributed by atoms with Crippen molar-refractivity contribution >= 4 is 31.9 Å². The third-order valence-electron chi connectivity index (χ3n) is 1.59. The van der Waals surface area contributed by atoms with E-state index in [1.54, 1.807) is 6.92 Å². The van der Waals surface area contributed by atoms with Gasteiger partial charge in [0.1, 0.15) is 5.69 Å². The van der Waals surface area contributed by atoms with Crippen LogP contribution >= 0.6 is 31.9 Å². The monoisotopic (exact) mass is 313 g/mol. The van der Waals surface area contributed by atoms with Gasteiger partial charge in [-0.2, -0.15) is 0 Å². The van der Waals surface area contributed by atoms with Crippen molar-refractivity contribution in [3.8, 4) is 0 Å². The molecule has 0 aliphatic rings. The fraction of sp³-hybridized carbons (Fsp3) is 0.375. The second-order valence-electron chi connectivity index (χ2n) is 2.54. The summed E-state index contributed by atoms with van der Waals surface area (Å²) in [5, 5.41) is 0.538. The van der Waals surface area contributed by atoms with Crippen LogP contribution in [0.1, 0.15) is 23.4 Å². The first-order valence-corrected chi connectivity index (χ1v) is 5.47. The van der Waals surface area contributed by atoms with Crippen molar-refractivity contribution in [3.05, 3.63) is 27.5 Å². The largest absolute Gasteiger partial charge is 0.280 e. The molecule has 0 amide bonds. The third kappa shape index (κ3) is 2.47. The molecule has 1 aromatic rings. The molecule has 0 fully saturated rings. The maximum absolute atomic E-state index is 12.3. The second kappa shape index (κ2) is 4.46.